The van der Waals surface area contributed by atoms with E-state index in [-0.39, 0.29) is 17.3 Å². The van der Waals surface area contributed by atoms with Crippen molar-refractivity contribution >= 4 is 34.7 Å². The molecule has 3 heterocycles. The molecule has 0 atom stereocenters. The second-order valence-electron chi connectivity index (χ2n) is 4.56. The van der Waals surface area contributed by atoms with Gasteiger partial charge in [0, 0.05) is 19.3 Å². The average Bonchev–Trinajstić information content (AvgIpc) is 3.01. The molecule has 6 heteroatoms. The van der Waals surface area contributed by atoms with Gasteiger partial charge in [0.15, 0.2) is 5.78 Å². The van der Waals surface area contributed by atoms with Crippen molar-refractivity contribution in [1.82, 2.24) is 9.97 Å². The molecule has 0 N–H and O–H groups in total. The molecule has 1 aromatic rings. The molecule has 19 heavy (non-hydrogen) atoms. The number of rotatable bonds is 2. The Labute approximate surface area is 115 Å². The van der Waals surface area contributed by atoms with Crippen molar-refractivity contribution in [2.24, 2.45) is 0 Å². The van der Waals surface area contributed by atoms with E-state index < -0.39 is 0 Å². The predicted octanol–water partition coefficient (Wildman–Crippen LogP) is 1.65. The van der Waals surface area contributed by atoms with Gasteiger partial charge in [-0.05, 0) is 36.7 Å². The molecule has 1 aromatic heterocycles. The first-order valence-electron chi connectivity index (χ1n) is 6.26. The molecule has 0 aromatic carbocycles. The van der Waals surface area contributed by atoms with Crippen LogP contribution in [0.2, 0.25) is 0 Å². The van der Waals surface area contributed by atoms with E-state index in [1.165, 1.54) is 0 Å². The number of Topliss-reactive ketones (excluding diaryl/α,β-unsaturated/α-hetero) is 1. The van der Waals surface area contributed by atoms with Crippen LogP contribution in [0.15, 0.2) is 17.2 Å². The number of thioether (sulfide) groups is 1. The number of carbonyl (C=O) groups excluding carboxylic acids is 2. The first kappa shape index (κ1) is 12.3. The lowest BCUT2D eigenvalue weighted by molar-refractivity contribution is -0.119. The average molecular weight is 275 g/mol. The lowest BCUT2D eigenvalue weighted by Gasteiger charge is -2.14. The number of hydrogen-bond acceptors (Lipinski definition) is 6. The summed E-state index contributed by atoms with van der Waals surface area (Å²) in [6, 6.07) is 1.75. The number of allylic oxidation sites excluding steroid dienone is 1. The second kappa shape index (κ2) is 5.13. The van der Waals surface area contributed by atoms with Gasteiger partial charge in [-0.3, -0.25) is 9.59 Å². The first-order valence-corrected chi connectivity index (χ1v) is 7.07. The van der Waals surface area contributed by atoms with Crippen LogP contribution in [0.25, 0.3) is 6.08 Å². The Morgan fingerprint density at radius 2 is 2.05 bits per heavy atom. The van der Waals surface area contributed by atoms with E-state index >= 15 is 0 Å². The van der Waals surface area contributed by atoms with Crippen molar-refractivity contribution in [2.45, 2.75) is 19.3 Å². The monoisotopic (exact) mass is 275 g/mol. The number of nitrogens with zero attached hydrogens (tertiary/aromatic N) is 3. The molecule has 98 valence electrons. The van der Waals surface area contributed by atoms with Crippen LogP contribution in [0, 0.1) is 0 Å². The SMILES string of the molecule is O=C1CC(=O)/C(=C/c2ccnc(N3CCCC3)n2)S1. The molecule has 0 unspecified atom stereocenters. The van der Waals surface area contributed by atoms with Crippen LogP contribution in [0.1, 0.15) is 25.0 Å². The van der Waals surface area contributed by atoms with E-state index in [1.807, 2.05) is 0 Å². The summed E-state index contributed by atoms with van der Waals surface area (Å²) >= 11 is 1.01. The molecule has 2 fully saturated rings. The van der Waals surface area contributed by atoms with Gasteiger partial charge in [-0.1, -0.05) is 0 Å². The van der Waals surface area contributed by atoms with Crippen LogP contribution >= 0.6 is 11.8 Å². The number of aromatic nitrogens is 2. The minimum atomic E-state index is -0.115. The molecule has 2 saturated heterocycles. The Hall–Kier alpha value is -1.69. The molecule has 0 amide bonds. The molecule has 0 spiro atoms. The van der Waals surface area contributed by atoms with Gasteiger partial charge < -0.3 is 4.90 Å². The van der Waals surface area contributed by atoms with Crippen molar-refractivity contribution in [1.29, 1.82) is 0 Å². The van der Waals surface area contributed by atoms with Gasteiger partial charge >= 0.3 is 0 Å². The molecule has 0 bridgehead atoms. The normalized spacial score (nSPS) is 21.7. The Kier molecular flexibility index (Phi) is 3.33. The molecule has 2 aliphatic rings. The van der Waals surface area contributed by atoms with Crippen LogP contribution in [-0.4, -0.2) is 34.0 Å². The highest BCUT2D eigenvalue weighted by molar-refractivity contribution is 8.18. The zero-order valence-electron chi connectivity index (χ0n) is 10.3. The van der Waals surface area contributed by atoms with Gasteiger partial charge in [-0.25, -0.2) is 9.97 Å². The molecule has 3 rings (SSSR count). The fourth-order valence-corrected chi connectivity index (χ4v) is 3.00. The minimum Gasteiger partial charge on any atom is -0.341 e. The third-order valence-corrected chi connectivity index (χ3v) is 4.07. The summed E-state index contributed by atoms with van der Waals surface area (Å²) in [5, 5.41) is -0.0925. The summed E-state index contributed by atoms with van der Waals surface area (Å²) in [6.07, 6.45) is 5.70. The summed E-state index contributed by atoms with van der Waals surface area (Å²) in [4.78, 5) is 34.1. The highest BCUT2D eigenvalue weighted by Gasteiger charge is 2.26. The summed E-state index contributed by atoms with van der Waals surface area (Å²) in [5.74, 6) is 0.588. The number of ketones is 1. The Morgan fingerprint density at radius 3 is 2.74 bits per heavy atom. The van der Waals surface area contributed by atoms with Crippen LogP contribution in [-0.2, 0) is 9.59 Å². The lowest BCUT2D eigenvalue weighted by atomic mass is 10.2. The summed E-state index contributed by atoms with van der Waals surface area (Å²) in [7, 11) is 0. The van der Waals surface area contributed by atoms with Gasteiger partial charge in [-0.2, -0.15) is 0 Å². The number of anilines is 1. The van der Waals surface area contributed by atoms with E-state index in [2.05, 4.69) is 14.9 Å². The van der Waals surface area contributed by atoms with Gasteiger partial charge in [0.25, 0.3) is 0 Å². The number of carbonyl (C=O) groups is 2. The molecule has 0 radical (unpaired) electrons. The Morgan fingerprint density at radius 1 is 1.26 bits per heavy atom. The molecular weight excluding hydrogens is 262 g/mol. The maximum atomic E-state index is 11.6. The van der Waals surface area contributed by atoms with E-state index in [9.17, 15) is 9.59 Å². The van der Waals surface area contributed by atoms with Gasteiger partial charge in [0.1, 0.15) is 0 Å². The van der Waals surface area contributed by atoms with Crippen LogP contribution < -0.4 is 4.90 Å². The van der Waals surface area contributed by atoms with Crippen molar-refractivity contribution < 1.29 is 9.59 Å². The first-order chi connectivity index (χ1) is 9.22. The van der Waals surface area contributed by atoms with E-state index in [1.54, 1.807) is 18.3 Å². The van der Waals surface area contributed by atoms with Gasteiger partial charge in [-0.15, -0.1) is 0 Å². The fraction of sp³-hybridized carbons (Fsp3) is 0.385. The maximum absolute atomic E-state index is 11.6. The third-order valence-electron chi connectivity index (χ3n) is 3.14. The lowest BCUT2D eigenvalue weighted by Crippen LogP contribution is -2.20. The quantitative estimate of drug-likeness (QED) is 0.604. The maximum Gasteiger partial charge on any atom is 0.225 e. The smallest absolute Gasteiger partial charge is 0.225 e. The van der Waals surface area contributed by atoms with Crippen LogP contribution in [0.4, 0.5) is 5.95 Å². The molecule has 5 nitrogen and oxygen atoms in total. The number of hydrogen-bond donors (Lipinski definition) is 0. The molecule has 0 aliphatic carbocycles. The minimum absolute atomic E-state index is 0.000561. The fourth-order valence-electron chi connectivity index (χ4n) is 2.19. The van der Waals surface area contributed by atoms with Gasteiger partial charge in [0.05, 0.1) is 17.0 Å². The van der Waals surface area contributed by atoms with Crippen LogP contribution in [0.3, 0.4) is 0 Å². The van der Waals surface area contributed by atoms with Crippen molar-refractivity contribution in [2.75, 3.05) is 18.0 Å². The largest absolute Gasteiger partial charge is 0.341 e. The van der Waals surface area contributed by atoms with Crippen molar-refractivity contribution in [3.05, 3.63) is 22.9 Å². The van der Waals surface area contributed by atoms with E-state index in [4.69, 9.17) is 0 Å². The van der Waals surface area contributed by atoms with Gasteiger partial charge in [0.2, 0.25) is 11.1 Å². The topological polar surface area (TPSA) is 63.2 Å². The summed E-state index contributed by atoms with van der Waals surface area (Å²) < 4.78 is 0. The molecule has 2 aliphatic heterocycles. The Balaban J connectivity index is 1.85. The second-order valence-corrected chi connectivity index (χ2v) is 5.66. The highest BCUT2D eigenvalue weighted by atomic mass is 32.2. The molecule has 0 saturated carbocycles. The highest BCUT2D eigenvalue weighted by Crippen LogP contribution is 2.30. The standard InChI is InChI=1S/C13H13N3O2S/c17-10-8-12(18)19-11(10)7-9-3-4-14-13(15-9)16-5-1-2-6-16/h3-4,7H,1-2,5-6,8H2/b11-7-. The molecular formula is C13H13N3O2S. The third kappa shape index (κ3) is 2.68. The predicted molar refractivity (Wildman–Crippen MR) is 73.7 cm³/mol. The van der Waals surface area contributed by atoms with Crippen LogP contribution in [0.5, 0.6) is 0 Å². The van der Waals surface area contributed by atoms with E-state index in [0.717, 1.165) is 37.7 Å². The summed E-state index contributed by atoms with van der Waals surface area (Å²) in [5.41, 5.74) is 0.683. The van der Waals surface area contributed by atoms with Crippen molar-refractivity contribution in [3.63, 3.8) is 0 Å². The Bertz CT molecular complexity index is 565. The zero-order chi connectivity index (χ0) is 13.2. The van der Waals surface area contributed by atoms with Crippen molar-refractivity contribution in [3.8, 4) is 0 Å². The summed E-state index contributed by atoms with van der Waals surface area (Å²) in [6.45, 7) is 1.96. The zero-order valence-corrected chi connectivity index (χ0v) is 11.2. The van der Waals surface area contributed by atoms with E-state index in [0.29, 0.717) is 16.5 Å².